The molecule has 0 bridgehead atoms. The van der Waals surface area contributed by atoms with E-state index in [2.05, 4.69) is 5.32 Å². The van der Waals surface area contributed by atoms with Crippen molar-refractivity contribution in [2.45, 2.75) is 33.1 Å². The third-order valence-electron chi connectivity index (χ3n) is 5.41. The number of aryl methyl sites for hydroxylation is 1. The Morgan fingerprint density at radius 3 is 2.71 bits per heavy atom. The number of nitrogens with one attached hydrogen (secondary N) is 1. The lowest BCUT2D eigenvalue weighted by molar-refractivity contribution is -0.130. The molecule has 1 fully saturated rings. The van der Waals surface area contributed by atoms with Crippen LogP contribution in [-0.2, 0) is 4.79 Å². The molecule has 0 spiro atoms. The first kappa shape index (κ1) is 19.7. The van der Waals surface area contributed by atoms with E-state index < -0.39 is 5.41 Å². The molecule has 3 N–H and O–H groups in total. The summed E-state index contributed by atoms with van der Waals surface area (Å²) in [6, 6.07) is 14.8. The van der Waals surface area contributed by atoms with E-state index in [9.17, 15) is 9.59 Å². The number of carbonyl (C=O) groups is 2. The zero-order valence-electron chi connectivity index (χ0n) is 16.4. The lowest BCUT2D eigenvalue weighted by Gasteiger charge is -2.40. The van der Waals surface area contributed by atoms with Crippen molar-refractivity contribution in [3.63, 3.8) is 0 Å². The molecule has 0 unspecified atom stereocenters. The normalized spacial score (nSPS) is 19.1. The molecule has 28 heavy (non-hydrogen) atoms. The van der Waals surface area contributed by atoms with Gasteiger partial charge in [0.15, 0.2) is 5.75 Å². The number of amides is 3. The van der Waals surface area contributed by atoms with E-state index >= 15 is 0 Å². The second-order valence-corrected chi connectivity index (χ2v) is 7.37. The molecular formula is C22H27N3O3. The second kappa shape index (κ2) is 8.33. The van der Waals surface area contributed by atoms with Gasteiger partial charge in [0.1, 0.15) is 5.75 Å². The minimum atomic E-state index is -0.646. The Morgan fingerprint density at radius 2 is 2.00 bits per heavy atom. The lowest BCUT2D eigenvalue weighted by Crippen LogP contribution is -2.52. The van der Waals surface area contributed by atoms with Crippen LogP contribution in [0.4, 0.5) is 10.5 Å². The Morgan fingerprint density at radius 1 is 1.21 bits per heavy atom. The summed E-state index contributed by atoms with van der Waals surface area (Å²) in [5.41, 5.74) is 6.66. The zero-order valence-corrected chi connectivity index (χ0v) is 16.4. The van der Waals surface area contributed by atoms with Gasteiger partial charge in [0, 0.05) is 13.1 Å². The molecule has 3 rings (SSSR count). The topological polar surface area (TPSA) is 84.7 Å². The molecule has 1 saturated heterocycles. The smallest absolute Gasteiger partial charge is 0.321 e. The number of benzene rings is 2. The first-order valence-electron chi connectivity index (χ1n) is 9.63. The number of likely N-dealkylation sites (tertiary alicyclic amines) is 1. The summed E-state index contributed by atoms with van der Waals surface area (Å²) in [7, 11) is 0. The predicted molar refractivity (Wildman–Crippen MR) is 109 cm³/mol. The highest BCUT2D eigenvalue weighted by molar-refractivity contribution is 5.92. The summed E-state index contributed by atoms with van der Waals surface area (Å²) in [5.74, 6) is 0.934. The van der Waals surface area contributed by atoms with Crippen molar-refractivity contribution < 1.29 is 14.3 Å². The van der Waals surface area contributed by atoms with Gasteiger partial charge >= 0.3 is 6.03 Å². The number of para-hydroxylation sites is 2. The molecule has 3 amide bonds. The molecule has 2 aromatic carbocycles. The molecule has 0 saturated carbocycles. The molecule has 1 aliphatic rings. The summed E-state index contributed by atoms with van der Waals surface area (Å²) in [4.78, 5) is 26.5. The number of rotatable bonds is 5. The third kappa shape index (κ3) is 4.27. The highest BCUT2D eigenvalue weighted by Crippen LogP contribution is 2.34. The summed E-state index contributed by atoms with van der Waals surface area (Å²) < 4.78 is 5.97. The molecule has 6 nitrogen and oxygen atoms in total. The van der Waals surface area contributed by atoms with Crippen LogP contribution in [0.1, 0.15) is 31.7 Å². The van der Waals surface area contributed by atoms with Gasteiger partial charge in [0.05, 0.1) is 11.1 Å². The average molecular weight is 381 g/mol. The fourth-order valence-electron chi connectivity index (χ4n) is 3.63. The van der Waals surface area contributed by atoms with Crippen molar-refractivity contribution in [1.29, 1.82) is 0 Å². The molecule has 0 aliphatic carbocycles. The molecule has 6 heteroatoms. The van der Waals surface area contributed by atoms with Crippen LogP contribution < -0.4 is 15.8 Å². The standard InChI is InChI=1S/C22H27N3O3/c1-3-22(20(23)26)12-7-13-25(15-22)21(27)24-18-10-4-5-11-19(18)28-17-9-6-8-16(2)14-17/h4-6,8-11,14H,3,7,12-13,15H2,1-2H3,(H2,23,26)(H,24,27)/t22-/m0/s1. The van der Waals surface area contributed by atoms with Crippen LogP contribution in [0.5, 0.6) is 11.5 Å². The number of ether oxygens (including phenoxy) is 1. The molecule has 2 aromatic rings. The van der Waals surface area contributed by atoms with Gasteiger partial charge in [-0.2, -0.15) is 0 Å². The van der Waals surface area contributed by atoms with E-state index in [0.29, 0.717) is 36.7 Å². The van der Waals surface area contributed by atoms with Crippen molar-refractivity contribution in [2.24, 2.45) is 11.1 Å². The lowest BCUT2D eigenvalue weighted by atomic mass is 9.77. The number of carbonyl (C=O) groups excluding carboxylic acids is 2. The van der Waals surface area contributed by atoms with Gasteiger partial charge in [-0.25, -0.2) is 4.79 Å². The Kier molecular flexibility index (Phi) is 5.87. The Hall–Kier alpha value is -3.02. The number of anilines is 1. The molecular weight excluding hydrogens is 354 g/mol. The van der Waals surface area contributed by atoms with Gasteiger partial charge < -0.3 is 20.7 Å². The Balaban J connectivity index is 1.75. The molecule has 1 aliphatic heterocycles. The van der Waals surface area contributed by atoms with Gasteiger partial charge in [0.25, 0.3) is 0 Å². The summed E-state index contributed by atoms with van der Waals surface area (Å²) in [5, 5.41) is 2.93. The van der Waals surface area contributed by atoms with Gasteiger partial charge in [-0.3, -0.25) is 4.79 Å². The van der Waals surface area contributed by atoms with Crippen LogP contribution in [0.15, 0.2) is 48.5 Å². The maximum atomic E-state index is 12.9. The maximum Gasteiger partial charge on any atom is 0.321 e. The van der Waals surface area contributed by atoms with Crippen LogP contribution in [0.3, 0.4) is 0 Å². The van der Waals surface area contributed by atoms with E-state index in [1.54, 1.807) is 11.0 Å². The number of nitrogens with two attached hydrogens (primary N) is 1. The highest BCUT2D eigenvalue weighted by atomic mass is 16.5. The monoisotopic (exact) mass is 381 g/mol. The summed E-state index contributed by atoms with van der Waals surface area (Å²) >= 11 is 0. The number of hydrogen-bond acceptors (Lipinski definition) is 3. The quantitative estimate of drug-likeness (QED) is 0.810. The van der Waals surface area contributed by atoms with Gasteiger partial charge in [-0.15, -0.1) is 0 Å². The number of urea groups is 1. The van der Waals surface area contributed by atoms with Crippen molar-refractivity contribution >= 4 is 17.6 Å². The Bertz CT molecular complexity index is 868. The minimum Gasteiger partial charge on any atom is -0.455 e. The van der Waals surface area contributed by atoms with E-state index in [-0.39, 0.29) is 11.9 Å². The predicted octanol–water partition coefficient (Wildman–Crippen LogP) is 4.30. The molecule has 0 aromatic heterocycles. The second-order valence-electron chi connectivity index (χ2n) is 7.37. The summed E-state index contributed by atoms with van der Waals surface area (Å²) in [6.07, 6.45) is 2.10. The fourth-order valence-corrected chi connectivity index (χ4v) is 3.63. The van der Waals surface area contributed by atoms with E-state index in [1.165, 1.54) is 0 Å². The number of hydrogen-bond donors (Lipinski definition) is 2. The van der Waals surface area contributed by atoms with Crippen LogP contribution in [-0.4, -0.2) is 29.9 Å². The first-order chi connectivity index (χ1) is 13.4. The van der Waals surface area contributed by atoms with E-state index in [1.807, 2.05) is 56.3 Å². The maximum absolute atomic E-state index is 12.9. The van der Waals surface area contributed by atoms with Crippen LogP contribution in [0.25, 0.3) is 0 Å². The van der Waals surface area contributed by atoms with E-state index in [0.717, 1.165) is 18.4 Å². The summed E-state index contributed by atoms with van der Waals surface area (Å²) in [6.45, 7) is 4.88. The number of primary amides is 1. The zero-order chi connectivity index (χ0) is 20.1. The molecule has 1 atom stereocenters. The minimum absolute atomic E-state index is 0.251. The first-order valence-corrected chi connectivity index (χ1v) is 9.63. The van der Waals surface area contributed by atoms with Crippen molar-refractivity contribution in [3.8, 4) is 11.5 Å². The Labute approximate surface area is 165 Å². The van der Waals surface area contributed by atoms with Gasteiger partial charge in [0.2, 0.25) is 5.91 Å². The van der Waals surface area contributed by atoms with Crippen molar-refractivity contribution in [1.82, 2.24) is 4.90 Å². The number of nitrogens with zero attached hydrogens (tertiary/aromatic N) is 1. The van der Waals surface area contributed by atoms with Crippen LogP contribution in [0.2, 0.25) is 0 Å². The van der Waals surface area contributed by atoms with Gasteiger partial charge in [-0.1, -0.05) is 31.2 Å². The van der Waals surface area contributed by atoms with E-state index in [4.69, 9.17) is 10.5 Å². The average Bonchev–Trinajstić information content (AvgIpc) is 2.69. The van der Waals surface area contributed by atoms with Crippen LogP contribution in [0, 0.1) is 12.3 Å². The van der Waals surface area contributed by atoms with Crippen molar-refractivity contribution in [2.75, 3.05) is 18.4 Å². The van der Waals surface area contributed by atoms with Crippen molar-refractivity contribution in [3.05, 3.63) is 54.1 Å². The molecule has 1 heterocycles. The van der Waals surface area contributed by atoms with Gasteiger partial charge in [-0.05, 0) is 56.0 Å². The molecule has 0 radical (unpaired) electrons. The fraction of sp³-hybridized carbons (Fsp3) is 0.364. The molecule has 148 valence electrons. The third-order valence-corrected chi connectivity index (χ3v) is 5.41. The SMILES string of the molecule is CC[C@]1(C(N)=O)CCCN(C(=O)Nc2ccccc2Oc2cccc(C)c2)C1. The van der Waals surface area contributed by atoms with Crippen LogP contribution >= 0.6 is 0 Å². The highest BCUT2D eigenvalue weighted by Gasteiger charge is 2.40. The number of piperidine rings is 1. The largest absolute Gasteiger partial charge is 0.455 e.